The summed E-state index contributed by atoms with van der Waals surface area (Å²) in [5.74, 6) is 1.43. The Morgan fingerprint density at radius 2 is 0.660 bits per heavy atom. The molecule has 2 saturated carbocycles. The van der Waals surface area contributed by atoms with E-state index < -0.39 is 0 Å². The number of rotatable bonds is 40. The molecule has 0 aromatic heterocycles. The molecule has 22 nitrogen and oxygen atoms in total. The third-order valence-electron chi connectivity index (χ3n) is 19.4. The number of amides is 4. The highest BCUT2D eigenvalue weighted by Gasteiger charge is 2.34. The standard InChI is InChI=1S/C72H112N10O12/c1-89-63-44-64(90-2)56(62(84)40-50-17-21-54(22-18-50)80-70(86)58-43-60(72(88)82-33-25-52(48-78)26-34-82)68(94-38-14-6-10-30-76)46-66(58)92-36-12-4-8-28-74)41-55(63)61(83)39-49-15-19-53(20-16-49)79-69(85)57-42-59(71(87)81-31-23-51(47-77)24-32-81)67(93-37-13-5-9-29-75)45-65(57)91-35-11-3-7-27-73/h41-46,49-54H,3-40,47-48,73-78H2,1-2H3,(H,79,85)(H,80,86). The summed E-state index contributed by atoms with van der Waals surface area (Å²) in [4.78, 5) is 90.0. The number of nitrogens with zero attached hydrogens (tertiary/aromatic N) is 2. The van der Waals surface area contributed by atoms with Crippen molar-refractivity contribution in [2.45, 2.75) is 179 Å². The molecule has 7 rings (SSSR count). The van der Waals surface area contributed by atoms with Crippen LogP contribution in [0.15, 0.2) is 36.4 Å². The molecule has 14 N–H and O–H groups in total. The molecule has 94 heavy (non-hydrogen) atoms. The molecule has 2 aliphatic heterocycles. The van der Waals surface area contributed by atoms with Gasteiger partial charge in [-0.3, -0.25) is 28.8 Å². The van der Waals surface area contributed by atoms with Gasteiger partial charge in [0.15, 0.2) is 11.6 Å². The Kier molecular flexibility index (Phi) is 31.9. The average Bonchev–Trinajstić information content (AvgIpc) is 0.824. The van der Waals surface area contributed by atoms with Gasteiger partial charge in [0.2, 0.25) is 0 Å². The molecular weight excluding hydrogens is 1200 g/mol. The number of carbonyl (C=O) groups is 6. The fourth-order valence-electron chi connectivity index (χ4n) is 13.4. The fourth-order valence-corrected chi connectivity index (χ4v) is 13.4. The van der Waals surface area contributed by atoms with E-state index in [1.165, 1.54) is 14.2 Å². The molecule has 4 aliphatic rings. The first-order valence-corrected chi connectivity index (χ1v) is 35.4. The average molecular weight is 1310 g/mol. The number of unbranched alkanes of at least 4 members (excludes halogenated alkanes) is 8. The highest BCUT2D eigenvalue weighted by atomic mass is 16.5. The van der Waals surface area contributed by atoms with Gasteiger partial charge < -0.3 is 83.3 Å². The van der Waals surface area contributed by atoms with Gasteiger partial charge in [0.1, 0.15) is 34.5 Å². The van der Waals surface area contributed by atoms with Crippen LogP contribution in [0.1, 0.15) is 229 Å². The topological polar surface area (TPSA) is 344 Å². The van der Waals surface area contributed by atoms with E-state index in [-0.39, 0.29) is 83.1 Å². The predicted molar refractivity (Wildman–Crippen MR) is 366 cm³/mol. The molecule has 3 aromatic rings. The summed E-state index contributed by atoms with van der Waals surface area (Å²) in [6.45, 7) is 7.19. The van der Waals surface area contributed by atoms with Gasteiger partial charge in [-0.15, -0.1) is 0 Å². The molecule has 4 amide bonds. The third kappa shape index (κ3) is 22.3. The van der Waals surface area contributed by atoms with E-state index in [1.807, 2.05) is 9.80 Å². The summed E-state index contributed by atoms with van der Waals surface area (Å²) in [5.41, 5.74) is 36.8. The van der Waals surface area contributed by atoms with Crippen LogP contribution in [0, 0.1) is 23.7 Å². The number of methoxy groups -OCH3 is 2. The van der Waals surface area contributed by atoms with Crippen LogP contribution in [0.3, 0.4) is 0 Å². The molecule has 22 heteroatoms. The first kappa shape index (κ1) is 74.8. The fraction of sp³-hybridized carbons (Fsp3) is 0.667. The van der Waals surface area contributed by atoms with Crippen molar-refractivity contribution in [2.75, 3.05) is 106 Å². The summed E-state index contributed by atoms with van der Waals surface area (Å²) in [7, 11) is 2.99. The molecule has 0 bridgehead atoms. The van der Waals surface area contributed by atoms with Crippen LogP contribution in [0.5, 0.6) is 34.5 Å². The number of piperidine rings is 2. The van der Waals surface area contributed by atoms with Crippen LogP contribution in [0.25, 0.3) is 0 Å². The molecule has 0 atom stereocenters. The number of nitrogens with one attached hydrogen (secondary N) is 2. The molecular formula is C72H112N10O12. The minimum atomic E-state index is -0.348. The maximum Gasteiger partial charge on any atom is 0.257 e. The highest BCUT2D eigenvalue weighted by Crippen LogP contribution is 2.39. The molecule has 2 aliphatic carbocycles. The maximum atomic E-state index is 14.5. The van der Waals surface area contributed by atoms with Crippen molar-refractivity contribution in [2.24, 2.45) is 58.1 Å². The monoisotopic (exact) mass is 1310 g/mol. The van der Waals surface area contributed by atoms with Gasteiger partial charge in [-0.05, 0) is 235 Å². The number of benzene rings is 3. The van der Waals surface area contributed by atoms with Gasteiger partial charge in [0.05, 0.1) is 74.0 Å². The summed E-state index contributed by atoms with van der Waals surface area (Å²) in [6.07, 6.45) is 18.8. The first-order valence-electron chi connectivity index (χ1n) is 35.4. The van der Waals surface area contributed by atoms with Gasteiger partial charge in [0, 0.05) is 69.3 Å². The number of Topliss-reactive ketones (excluding diaryl/α,β-unsaturated/α-hetero) is 2. The molecule has 0 unspecified atom stereocenters. The van der Waals surface area contributed by atoms with Crippen molar-refractivity contribution in [3.05, 3.63) is 69.8 Å². The van der Waals surface area contributed by atoms with Crippen LogP contribution < -0.4 is 73.5 Å². The Labute approximate surface area is 558 Å². The highest BCUT2D eigenvalue weighted by molar-refractivity contribution is 6.06. The second-order valence-corrected chi connectivity index (χ2v) is 26.3. The van der Waals surface area contributed by atoms with Gasteiger partial charge in [-0.1, -0.05) is 0 Å². The van der Waals surface area contributed by atoms with Crippen LogP contribution in [0.2, 0.25) is 0 Å². The minimum Gasteiger partial charge on any atom is -0.496 e. The Bertz CT molecular complexity index is 2690. The Balaban J connectivity index is 0.980. The van der Waals surface area contributed by atoms with Gasteiger partial charge in [0.25, 0.3) is 23.6 Å². The van der Waals surface area contributed by atoms with Crippen molar-refractivity contribution < 1.29 is 57.2 Å². The Hall–Kier alpha value is -6.56. The minimum absolute atomic E-state index is 0.0124. The number of carbonyl (C=O) groups excluding carboxylic acids is 6. The summed E-state index contributed by atoms with van der Waals surface area (Å²) >= 11 is 0. The third-order valence-corrected chi connectivity index (χ3v) is 19.4. The van der Waals surface area contributed by atoms with E-state index >= 15 is 0 Å². The van der Waals surface area contributed by atoms with Gasteiger partial charge in [-0.25, -0.2) is 0 Å². The van der Waals surface area contributed by atoms with Crippen molar-refractivity contribution >= 4 is 35.2 Å². The van der Waals surface area contributed by atoms with E-state index in [2.05, 4.69) is 10.6 Å². The molecule has 2 saturated heterocycles. The van der Waals surface area contributed by atoms with Crippen molar-refractivity contribution in [1.82, 2.24) is 20.4 Å². The van der Waals surface area contributed by atoms with Crippen LogP contribution in [-0.2, 0) is 0 Å². The Morgan fingerprint density at radius 3 is 0.957 bits per heavy atom. The van der Waals surface area contributed by atoms with Crippen molar-refractivity contribution in [1.29, 1.82) is 0 Å². The maximum absolute atomic E-state index is 14.5. The molecule has 3 aromatic carbocycles. The zero-order valence-electron chi connectivity index (χ0n) is 56.5. The largest absolute Gasteiger partial charge is 0.496 e. The van der Waals surface area contributed by atoms with Crippen LogP contribution in [-0.4, -0.2) is 163 Å². The summed E-state index contributed by atoms with van der Waals surface area (Å²) < 4.78 is 36.8. The normalized spacial score (nSPS) is 18.7. The van der Waals surface area contributed by atoms with E-state index in [0.717, 1.165) is 103 Å². The van der Waals surface area contributed by atoms with Gasteiger partial charge >= 0.3 is 0 Å². The van der Waals surface area contributed by atoms with Gasteiger partial charge in [-0.2, -0.15) is 0 Å². The van der Waals surface area contributed by atoms with Crippen molar-refractivity contribution in [3.8, 4) is 34.5 Å². The SMILES string of the molecule is COc1cc(OC)c(C(=O)CC2CCC(NC(=O)c3cc(C(=O)N4CCC(CN)CC4)c(OCCCCCN)cc3OCCCCCN)CC2)cc1C(=O)CC1CCC(NC(=O)c2cc(C(=O)N3CCC(CN)CC3)c(OCCCCCN)cc2OCCCCCN)CC1. The number of nitrogens with two attached hydrogens (primary N) is 6. The number of ether oxygens (including phenoxy) is 6. The molecule has 4 fully saturated rings. The van der Waals surface area contributed by atoms with Crippen molar-refractivity contribution in [3.63, 3.8) is 0 Å². The first-order chi connectivity index (χ1) is 45.8. The molecule has 0 radical (unpaired) electrons. The molecule has 2 heterocycles. The Morgan fingerprint density at radius 1 is 0.362 bits per heavy atom. The lowest BCUT2D eigenvalue weighted by atomic mass is 9.81. The smallest absolute Gasteiger partial charge is 0.257 e. The summed E-state index contributed by atoms with van der Waals surface area (Å²) in [6, 6.07) is 9.53. The predicted octanol–water partition coefficient (Wildman–Crippen LogP) is 8.48. The molecule has 0 spiro atoms. The summed E-state index contributed by atoms with van der Waals surface area (Å²) in [5, 5.41) is 6.50. The lowest BCUT2D eigenvalue weighted by molar-refractivity contribution is 0.0680. The van der Waals surface area contributed by atoms with E-state index in [9.17, 15) is 28.8 Å². The van der Waals surface area contributed by atoms with Crippen LogP contribution >= 0.6 is 0 Å². The van der Waals surface area contributed by atoms with E-state index in [4.69, 9.17) is 62.8 Å². The molecule has 522 valence electrons. The number of hydrogen-bond acceptors (Lipinski definition) is 18. The quantitative estimate of drug-likeness (QED) is 0.0195. The number of hydrogen-bond donors (Lipinski definition) is 8. The lowest BCUT2D eigenvalue weighted by Gasteiger charge is -2.32. The number of likely N-dealkylation sites (tertiary alicyclic amines) is 2. The zero-order valence-corrected chi connectivity index (χ0v) is 56.5. The van der Waals surface area contributed by atoms with E-state index in [0.29, 0.717) is 212 Å². The van der Waals surface area contributed by atoms with E-state index in [1.54, 1.807) is 36.4 Å². The second-order valence-electron chi connectivity index (χ2n) is 26.3. The lowest BCUT2D eigenvalue weighted by Crippen LogP contribution is -2.40. The second kappa shape index (κ2) is 40.1. The zero-order chi connectivity index (χ0) is 67.2. The number of ketones is 2. The van der Waals surface area contributed by atoms with Crippen LogP contribution in [0.4, 0.5) is 0 Å².